The third-order valence-electron chi connectivity index (χ3n) is 5.19. The number of carboxylic acids is 1. The van der Waals surface area contributed by atoms with E-state index in [1.807, 2.05) is 0 Å². The summed E-state index contributed by atoms with van der Waals surface area (Å²) in [7, 11) is 0. The molecule has 0 unspecified atom stereocenters. The second kappa shape index (κ2) is 19.2. The van der Waals surface area contributed by atoms with Crippen LogP contribution in [0.2, 0.25) is 0 Å². The first-order valence-corrected chi connectivity index (χ1v) is 11.2. The lowest BCUT2D eigenvalue weighted by atomic mass is 9.99. The maximum Gasteiger partial charge on any atom is 0.303 e. The summed E-state index contributed by atoms with van der Waals surface area (Å²) in [6.45, 7) is 2.21. The maximum atomic E-state index is 10.4. The Morgan fingerprint density at radius 2 is 0.962 bits per heavy atom. The van der Waals surface area contributed by atoms with Crippen LogP contribution in [0.3, 0.4) is 0 Å². The zero-order valence-electron chi connectivity index (χ0n) is 17.1. The number of aliphatic hydroxyl groups excluding tert-OH is 2. The second-order valence-electron chi connectivity index (χ2n) is 7.81. The summed E-state index contributed by atoms with van der Waals surface area (Å²) in [6.07, 6.45) is 17.8. The molecule has 156 valence electrons. The van der Waals surface area contributed by atoms with Crippen molar-refractivity contribution >= 4 is 5.97 Å². The normalized spacial score (nSPS) is 13.7. The molecule has 0 aliphatic carbocycles. The van der Waals surface area contributed by atoms with Crippen molar-refractivity contribution in [3.8, 4) is 0 Å². The molecule has 0 heterocycles. The van der Waals surface area contributed by atoms with E-state index < -0.39 is 18.2 Å². The Morgan fingerprint density at radius 1 is 0.615 bits per heavy atom. The van der Waals surface area contributed by atoms with Crippen molar-refractivity contribution in [2.75, 3.05) is 0 Å². The molecule has 0 saturated heterocycles. The first-order valence-electron chi connectivity index (χ1n) is 11.2. The van der Waals surface area contributed by atoms with E-state index in [4.69, 9.17) is 5.11 Å². The van der Waals surface area contributed by atoms with Crippen LogP contribution in [0.1, 0.15) is 122 Å². The standard InChI is InChI=1S/C22H44O4/c1-2-3-4-5-11-14-17-20(23)21(24)18-15-12-9-7-6-8-10-13-16-19-22(25)26/h20-21,23-24H,2-19H2,1H3,(H,25,26)/t20-,21-/m0/s1. The van der Waals surface area contributed by atoms with Crippen molar-refractivity contribution in [3.63, 3.8) is 0 Å². The topological polar surface area (TPSA) is 77.8 Å². The van der Waals surface area contributed by atoms with Gasteiger partial charge in [0.2, 0.25) is 0 Å². The third kappa shape index (κ3) is 18.2. The number of unbranched alkanes of at least 4 members (excludes halogenated alkanes) is 13. The molecule has 4 heteroatoms. The molecule has 0 aromatic carbocycles. The third-order valence-corrected chi connectivity index (χ3v) is 5.19. The van der Waals surface area contributed by atoms with Gasteiger partial charge < -0.3 is 15.3 Å². The Kier molecular flexibility index (Phi) is 18.7. The highest BCUT2D eigenvalue weighted by Crippen LogP contribution is 2.15. The molecule has 0 rings (SSSR count). The van der Waals surface area contributed by atoms with Gasteiger partial charge in [0.1, 0.15) is 0 Å². The molecular weight excluding hydrogens is 328 g/mol. The van der Waals surface area contributed by atoms with Crippen LogP contribution in [0, 0.1) is 0 Å². The highest BCUT2D eigenvalue weighted by Gasteiger charge is 2.15. The van der Waals surface area contributed by atoms with Crippen LogP contribution in [-0.2, 0) is 4.79 Å². The first kappa shape index (κ1) is 25.4. The minimum atomic E-state index is -0.690. The number of hydrogen-bond donors (Lipinski definition) is 3. The van der Waals surface area contributed by atoms with E-state index in [2.05, 4.69) is 6.92 Å². The van der Waals surface area contributed by atoms with Crippen LogP contribution in [0.5, 0.6) is 0 Å². The van der Waals surface area contributed by atoms with Crippen molar-refractivity contribution in [3.05, 3.63) is 0 Å². The molecular formula is C22H44O4. The molecule has 0 aliphatic rings. The minimum Gasteiger partial charge on any atom is -0.481 e. The largest absolute Gasteiger partial charge is 0.481 e. The Balaban J connectivity index is 3.31. The first-order chi connectivity index (χ1) is 12.6. The van der Waals surface area contributed by atoms with E-state index in [1.54, 1.807) is 0 Å². The molecule has 0 aromatic rings. The summed E-state index contributed by atoms with van der Waals surface area (Å²) >= 11 is 0. The SMILES string of the molecule is CCCCCCCC[C@H](O)[C@@H](O)CCCCCCCCCCCC(=O)O. The van der Waals surface area contributed by atoms with Crippen molar-refractivity contribution in [2.24, 2.45) is 0 Å². The Morgan fingerprint density at radius 3 is 1.35 bits per heavy atom. The number of rotatable bonds is 20. The number of aliphatic hydroxyl groups is 2. The van der Waals surface area contributed by atoms with Gasteiger partial charge in [-0.15, -0.1) is 0 Å². The van der Waals surface area contributed by atoms with Gasteiger partial charge in [-0.3, -0.25) is 4.79 Å². The van der Waals surface area contributed by atoms with Gasteiger partial charge in [0.05, 0.1) is 12.2 Å². The van der Waals surface area contributed by atoms with Gasteiger partial charge in [-0.2, -0.15) is 0 Å². The Bertz CT molecular complexity index is 307. The average molecular weight is 373 g/mol. The Labute approximate surface area is 161 Å². The van der Waals surface area contributed by atoms with E-state index in [0.717, 1.165) is 44.9 Å². The summed E-state index contributed by atoms with van der Waals surface area (Å²) in [5.41, 5.74) is 0. The van der Waals surface area contributed by atoms with Gasteiger partial charge in [-0.25, -0.2) is 0 Å². The van der Waals surface area contributed by atoms with Crippen LogP contribution in [-0.4, -0.2) is 33.5 Å². The summed E-state index contributed by atoms with van der Waals surface area (Å²) in [5.74, 6) is -0.690. The lowest BCUT2D eigenvalue weighted by molar-refractivity contribution is -0.137. The van der Waals surface area contributed by atoms with E-state index in [9.17, 15) is 15.0 Å². The predicted octanol–water partition coefficient (Wildman–Crippen LogP) is 5.83. The summed E-state index contributed by atoms with van der Waals surface area (Å²) in [6, 6.07) is 0. The molecule has 4 nitrogen and oxygen atoms in total. The molecule has 2 atom stereocenters. The fraction of sp³-hybridized carbons (Fsp3) is 0.955. The molecule has 26 heavy (non-hydrogen) atoms. The molecule has 0 amide bonds. The molecule has 0 saturated carbocycles. The van der Waals surface area contributed by atoms with Crippen LogP contribution in [0.15, 0.2) is 0 Å². The predicted molar refractivity (Wildman–Crippen MR) is 108 cm³/mol. The van der Waals surface area contributed by atoms with Gasteiger partial charge in [-0.1, -0.05) is 96.8 Å². The summed E-state index contributed by atoms with van der Waals surface area (Å²) in [4.78, 5) is 10.4. The van der Waals surface area contributed by atoms with E-state index >= 15 is 0 Å². The van der Waals surface area contributed by atoms with Gasteiger partial charge in [0, 0.05) is 6.42 Å². The Hall–Kier alpha value is -0.610. The van der Waals surface area contributed by atoms with Crippen LogP contribution in [0.4, 0.5) is 0 Å². The lowest BCUT2D eigenvalue weighted by Crippen LogP contribution is -2.25. The molecule has 0 radical (unpaired) electrons. The number of hydrogen-bond acceptors (Lipinski definition) is 3. The van der Waals surface area contributed by atoms with E-state index in [0.29, 0.717) is 12.8 Å². The van der Waals surface area contributed by atoms with Gasteiger partial charge in [0.25, 0.3) is 0 Å². The molecule has 0 bridgehead atoms. The average Bonchev–Trinajstić information content (AvgIpc) is 2.61. The zero-order valence-corrected chi connectivity index (χ0v) is 17.1. The molecule has 0 fully saturated rings. The van der Waals surface area contributed by atoms with Crippen LogP contribution < -0.4 is 0 Å². The number of aliphatic carboxylic acids is 1. The lowest BCUT2D eigenvalue weighted by Gasteiger charge is -2.17. The zero-order chi connectivity index (χ0) is 19.5. The number of carboxylic acid groups (broad SMARTS) is 1. The van der Waals surface area contributed by atoms with Crippen molar-refractivity contribution in [1.82, 2.24) is 0 Å². The second-order valence-corrected chi connectivity index (χ2v) is 7.81. The highest BCUT2D eigenvalue weighted by molar-refractivity contribution is 5.66. The summed E-state index contributed by atoms with van der Waals surface area (Å²) in [5, 5.41) is 28.6. The van der Waals surface area contributed by atoms with Gasteiger partial charge in [-0.05, 0) is 19.3 Å². The van der Waals surface area contributed by atoms with Gasteiger partial charge in [0.15, 0.2) is 0 Å². The monoisotopic (exact) mass is 372 g/mol. The summed E-state index contributed by atoms with van der Waals surface area (Å²) < 4.78 is 0. The van der Waals surface area contributed by atoms with Crippen molar-refractivity contribution in [1.29, 1.82) is 0 Å². The van der Waals surface area contributed by atoms with Crippen molar-refractivity contribution in [2.45, 2.75) is 135 Å². The smallest absolute Gasteiger partial charge is 0.303 e. The fourth-order valence-corrected chi connectivity index (χ4v) is 3.39. The molecule has 0 spiro atoms. The minimum absolute atomic E-state index is 0.299. The maximum absolute atomic E-state index is 10.4. The van der Waals surface area contributed by atoms with Gasteiger partial charge >= 0.3 is 5.97 Å². The fourth-order valence-electron chi connectivity index (χ4n) is 3.39. The molecule has 0 aliphatic heterocycles. The molecule has 3 N–H and O–H groups in total. The van der Waals surface area contributed by atoms with E-state index in [1.165, 1.54) is 57.8 Å². The molecule has 0 aromatic heterocycles. The van der Waals surface area contributed by atoms with Crippen molar-refractivity contribution < 1.29 is 20.1 Å². The highest BCUT2D eigenvalue weighted by atomic mass is 16.4. The van der Waals surface area contributed by atoms with Crippen LogP contribution >= 0.6 is 0 Å². The van der Waals surface area contributed by atoms with E-state index in [-0.39, 0.29) is 0 Å². The van der Waals surface area contributed by atoms with Crippen LogP contribution in [0.25, 0.3) is 0 Å². The quantitative estimate of drug-likeness (QED) is 0.235. The number of carbonyl (C=O) groups is 1.